The summed E-state index contributed by atoms with van der Waals surface area (Å²) in [6.45, 7) is 2.11. The zero-order chi connectivity index (χ0) is 13.0. The number of nitrogens with zero attached hydrogens (tertiary/aromatic N) is 1. The van der Waals surface area contributed by atoms with Crippen molar-refractivity contribution in [1.29, 1.82) is 0 Å². The lowest BCUT2D eigenvalue weighted by Gasteiger charge is -2.29. The van der Waals surface area contributed by atoms with Crippen LogP contribution in [0.4, 0.5) is 5.13 Å². The number of thiazole rings is 1. The van der Waals surface area contributed by atoms with Crippen LogP contribution in [-0.2, 0) is 9.59 Å². The van der Waals surface area contributed by atoms with E-state index in [1.807, 2.05) is 0 Å². The molecular weight excluding hydrogens is 250 g/mol. The fraction of sp³-hybridized carbons (Fsp3) is 0.583. The molecule has 0 aliphatic heterocycles. The summed E-state index contributed by atoms with van der Waals surface area (Å²) >= 11 is 1.29. The third kappa shape index (κ3) is 3.29. The third-order valence-electron chi connectivity index (χ3n) is 3.29. The second kappa shape index (κ2) is 5.95. The van der Waals surface area contributed by atoms with Gasteiger partial charge in [0.25, 0.3) is 0 Å². The van der Waals surface area contributed by atoms with Crippen molar-refractivity contribution in [2.24, 2.45) is 5.92 Å². The Balaban J connectivity index is 1.85. The van der Waals surface area contributed by atoms with Crippen molar-refractivity contribution in [3.05, 3.63) is 11.6 Å². The van der Waals surface area contributed by atoms with E-state index in [0.717, 1.165) is 19.3 Å². The molecule has 2 rings (SSSR count). The summed E-state index contributed by atoms with van der Waals surface area (Å²) in [6.07, 6.45) is 5.97. The van der Waals surface area contributed by atoms with Crippen LogP contribution in [0.15, 0.2) is 11.6 Å². The molecule has 0 aromatic carbocycles. The van der Waals surface area contributed by atoms with E-state index in [2.05, 4.69) is 22.5 Å². The van der Waals surface area contributed by atoms with E-state index in [4.69, 9.17) is 0 Å². The molecule has 0 radical (unpaired) electrons. The Hall–Kier alpha value is -1.43. The number of anilines is 1. The van der Waals surface area contributed by atoms with Crippen molar-refractivity contribution in [3.8, 4) is 0 Å². The molecule has 1 aliphatic rings. The minimum atomic E-state index is -0.636. The molecule has 6 heteroatoms. The molecule has 18 heavy (non-hydrogen) atoms. The Labute approximate surface area is 110 Å². The molecule has 1 aromatic heterocycles. The van der Waals surface area contributed by atoms with Gasteiger partial charge in [-0.1, -0.05) is 19.8 Å². The fourth-order valence-electron chi connectivity index (χ4n) is 2.20. The Morgan fingerprint density at radius 1 is 1.33 bits per heavy atom. The van der Waals surface area contributed by atoms with E-state index in [1.54, 1.807) is 11.6 Å². The van der Waals surface area contributed by atoms with Crippen molar-refractivity contribution in [1.82, 2.24) is 10.3 Å². The SMILES string of the molecule is C[C@H]1CCCC[C@@H]1NC(=O)C(=O)Nc1nccs1. The maximum Gasteiger partial charge on any atom is 0.315 e. The van der Waals surface area contributed by atoms with Crippen LogP contribution in [0.25, 0.3) is 0 Å². The predicted octanol–water partition coefficient (Wildman–Crippen LogP) is 1.78. The largest absolute Gasteiger partial charge is 0.345 e. The van der Waals surface area contributed by atoms with Crippen LogP contribution < -0.4 is 10.6 Å². The van der Waals surface area contributed by atoms with Gasteiger partial charge in [-0.3, -0.25) is 14.9 Å². The summed E-state index contributed by atoms with van der Waals surface area (Å²) in [5.41, 5.74) is 0. The molecule has 1 aliphatic carbocycles. The molecule has 1 fully saturated rings. The first kappa shape index (κ1) is 13.0. The third-order valence-corrected chi connectivity index (χ3v) is 3.98. The topological polar surface area (TPSA) is 71.1 Å². The lowest BCUT2D eigenvalue weighted by molar-refractivity contribution is -0.137. The number of rotatable bonds is 2. The highest BCUT2D eigenvalue weighted by atomic mass is 32.1. The van der Waals surface area contributed by atoms with Gasteiger partial charge in [-0.05, 0) is 18.8 Å². The predicted molar refractivity (Wildman–Crippen MR) is 70.3 cm³/mol. The molecule has 1 heterocycles. The molecule has 1 saturated carbocycles. The van der Waals surface area contributed by atoms with Crippen LogP contribution in [0.1, 0.15) is 32.6 Å². The standard InChI is InChI=1S/C12H17N3O2S/c1-8-4-2-3-5-9(8)14-10(16)11(17)15-12-13-6-7-18-12/h6-9H,2-5H2,1H3,(H,14,16)(H,13,15,17)/t8-,9-/m0/s1. The smallest absolute Gasteiger partial charge is 0.315 e. The lowest BCUT2D eigenvalue weighted by Crippen LogP contribution is -2.45. The van der Waals surface area contributed by atoms with Gasteiger partial charge in [-0.2, -0.15) is 0 Å². The number of nitrogens with one attached hydrogen (secondary N) is 2. The number of aromatic nitrogens is 1. The highest BCUT2D eigenvalue weighted by molar-refractivity contribution is 7.13. The highest BCUT2D eigenvalue weighted by Crippen LogP contribution is 2.23. The maximum absolute atomic E-state index is 11.7. The number of carbonyl (C=O) groups is 2. The summed E-state index contributed by atoms with van der Waals surface area (Å²) in [4.78, 5) is 27.3. The minimum absolute atomic E-state index is 0.119. The maximum atomic E-state index is 11.7. The average molecular weight is 267 g/mol. The summed E-state index contributed by atoms with van der Waals surface area (Å²) in [5, 5.41) is 7.49. The Morgan fingerprint density at radius 3 is 2.78 bits per heavy atom. The van der Waals surface area contributed by atoms with E-state index >= 15 is 0 Å². The van der Waals surface area contributed by atoms with Crippen molar-refractivity contribution >= 4 is 28.3 Å². The Kier molecular flexibility index (Phi) is 4.30. The van der Waals surface area contributed by atoms with Gasteiger partial charge in [-0.15, -0.1) is 11.3 Å². The molecule has 2 amide bonds. The first-order valence-corrected chi connectivity index (χ1v) is 7.06. The zero-order valence-corrected chi connectivity index (χ0v) is 11.1. The molecule has 0 saturated heterocycles. The normalized spacial score (nSPS) is 23.4. The number of hydrogen-bond donors (Lipinski definition) is 2. The Bertz CT molecular complexity index is 419. The molecule has 5 nitrogen and oxygen atoms in total. The molecule has 0 bridgehead atoms. The molecule has 2 atom stereocenters. The molecule has 0 spiro atoms. The van der Waals surface area contributed by atoms with Crippen molar-refractivity contribution in [3.63, 3.8) is 0 Å². The van der Waals surface area contributed by atoms with Crippen LogP contribution in [0, 0.1) is 5.92 Å². The van der Waals surface area contributed by atoms with Gasteiger partial charge >= 0.3 is 11.8 Å². The van der Waals surface area contributed by atoms with Crippen LogP contribution in [0.2, 0.25) is 0 Å². The van der Waals surface area contributed by atoms with Crippen molar-refractivity contribution < 1.29 is 9.59 Å². The number of carbonyl (C=O) groups excluding carboxylic acids is 2. The molecule has 98 valence electrons. The van der Waals surface area contributed by atoms with Gasteiger partial charge in [0.1, 0.15) is 0 Å². The first-order chi connectivity index (χ1) is 8.66. The van der Waals surface area contributed by atoms with Gasteiger partial charge in [0.05, 0.1) is 0 Å². The van der Waals surface area contributed by atoms with Gasteiger partial charge in [-0.25, -0.2) is 4.98 Å². The van der Waals surface area contributed by atoms with Gasteiger partial charge < -0.3 is 5.32 Å². The van der Waals surface area contributed by atoms with Gasteiger partial charge in [0.2, 0.25) is 0 Å². The Morgan fingerprint density at radius 2 is 2.11 bits per heavy atom. The second-order valence-electron chi connectivity index (χ2n) is 4.63. The molecule has 0 unspecified atom stereocenters. The van der Waals surface area contributed by atoms with Crippen LogP contribution >= 0.6 is 11.3 Å². The highest BCUT2D eigenvalue weighted by Gasteiger charge is 2.25. The van der Waals surface area contributed by atoms with E-state index in [0.29, 0.717) is 11.0 Å². The monoisotopic (exact) mass is 267 g/mol. The number of hydrogen-bond acceptors (Lipinski definition) is 4. The summed E-state index contributed by atoms with van der Waals surface area (Å²) in [7, 11) is 0. The van der Waals surface area contributed by atoms with Crippen LogP contribution in [0.5, 0.6) is 0 Å². The first-order valence-electron chi connectivity index (χ1n) is 6.18. The summed E-state index contributed by atoms with van der Waals surface area (Å²) in [6, 6.07) is 0.119. The fourth-order valence-corrected chi connectivity index (χ4v) is 2.73. The summed E-state index contributed by atoms with van der Waals surface area (Å²) in [5.74, 6) is -0.762. The van der Waals surface area contributed by atoms with E-state index in [-0.39, 0.29) is 6.04 Å². The van der Waals surface area contributed by atoms with E-state index in [9.17, 15) is 9.59 Å². The molecular formula is C12H17N3O2S. The lowest BCUT2D eigenvalue weighted by atomic mass is 9.86. The van der Waals surface area contributed by atoms with Crippen LogP contribution in [0.3, 0.4) is 0 Å². The van der Waals surface area contributed by atoms with Crippen molar-refractivity contribution in [2.75, 3.05) is 5.32 Å². The quantitative estimate of drug-likeness (QED) is 0.802. The van der Waals surface area contributed by atoms with E-state index in [1.165, 1.54) is 17.8 Å². The second-order valence-corrected chi connectivity index (χ2v) is 5.53. The zero-order valence-electron chi connectivity index (χ0n) is 10.3. The van der Waals surface area contributed by atoms with Crippen LogP contribution in [-0.4, -0.2) is 22.8 Å². The van der Waals surface area contributed by atoms with Gasteiger partial charge in [0, 0.05) is 17.6 Å². The number of amides is 2. The summed E-state index contributed by atoms with van der Waals surface area (Å²) < 4.78 is 0. The average Bonchev–Trinajstić information content (AvgIpc) is 2.84. The minimum Gasteiger partial charge on any atom is -0.345 e. The van der Waals surface area contributed by atoms with E-state index < -0.39 is 11.8 Å². The molecule has 1 aromatic rings. The molecule has 2 N–H and O–H groups in total. The van der Waals surface area contributed by atoms with Crippen molar-refractivity contribution in [2.45, 2.75) is 38.6 Å². The van der Waals surface area contributed by atoms with Gasteiger partial charge in [0.15, 0.2) is 5.13 Å².